The highest BCUT2D eigenvalue weighted by molar-refractivity contribution is 5.92. The number of carbonyl (C=O) groups is 1. The van der Waals surface area contributed by atoms with Crippen LogP contribution in [0.5, 0.6) is 0 Å². The smallest absolute Gasteiger partial charge is 0.340 e. The van der Waals surface area contributed by atoms with Gasteiger partial charge in [0.2, 0.25) is 0 Å². The zero-order valence-corrected chi connectivity index (χ0v) is 10.9. The summed E-state index contributed by atoms with van der Waals surface area (Å²) in [5, 5.41) is 4.14. The molecule has 0 spiro atoms. The quantitative estimate of drug-likeness (QED) is 0.785. The summed E-state index contributed by atoms with van der Waals surface area (Å²) in [7, 11) is 0. The van der Waals surface area contributed by atoms with Gasteiger partial charge in [-0.15, -0.1) is 0 Å². The van der Waals surface area contributed by atoms with E-state index in [9.17, 15) is 9.18 Å². The van der Waals surface area contributed by atoms with E-state index in [2.05, 4.69) is 10.1 Å². The van der Waals surface area contributed by atoms with Crippen LogP contribution in [-0.4, -0.2) is 20.8 Å². The van der Waals surface area contributed by atoms with Crippen molar-refractivity contribution >= 4 is 29.2 Å². The van der Waals surface area contributed by atoms with Gasteiger partial charge in [0.1, 0.15) is 17.0 Å². The number of halogens is 1. The van der Waals surface area contributed by atoms with E-state index in [-0.39, 0.29) is 5.82 Å². The number of carbonyl (C=O) groups excluding carboxylic acids is 1. The molecule has 0 saturated heterocycles. The molecule has 0 aliphatic rings. The monoisotopic (exact) mass is 282 g/mol. The molecule has 0 aliphatic carbocycles. The Morgan fingerprint density at radius 3 is 2.67 bits per heavy atom. The molecule has 2 heterocycles. The standard InChI is InChI=1S/C15H11FN4O/c16-11-6-3-10(4-7-11)5-8-12-14-13(2-1-9-18-14)20(19-12)15(17)21/h1-9H,(H2,17,21). The molecule has 1 amide bonds. The zero-order chi connectivity index (χ0) is 14.8. The van der Waals surface area contributed by atoms with Gasteiger partial charge in [-0.3, -0.25) is 4.98 Å². The number of rotatable bonds is 2. The second-order valence-electron chi connectivity index (χ2n) is 4.39. The molecule has 0 atom stereocenters. The summed E-state index contributed by atoms with van der Waals surface area (Å²) in [5.74, 6) is -0.294. The summed E-state index contributed by atoms with van der Waals surface area (Å²) in [5.41, 5.74) is 7.74. The molecule has 6 heteroatoms. The SMILES string of the molecule is NC(=O)n1nc(C=Cc2ccc(F)cc2)c2ncccc21. The van der Waals surface area contributed by atoms with Crippen LogP contribution in [0.3, 0.4) is 0 Å². The van der Waals surface area contributed by atoms with Crippen LogP contribution >= 0.6 is 0 Å². The van der Waals surface area contributed by atoms with Gasteiger partial charge in [0.15, 0.2) is 0 Å². The molecule has 2 N–H and O–H groups in total. The molecule has 2 aromatic heterocycles. The van der Waals surface area contributed by atoms with Crippen molar-refractivity contribution in [3.8, 4) is 0 Å². The molecular weight excluding hydrogens is 271 g/mol. The highest BCUT2D eigenvalue weighted by Gasteiger charge is 2.12. The molecule has 0 aliphatic heterocycles. The molecule has 0 unspecified atom stereocenters. The summed E-state index contributed by atoms with van der Waals surface area (Å²) in [6, 6.07) is 8.79. The minimum atomic E-state index is -0.672. The van der Waals surface area contributed by atoms with Crippen molar-refractivity contribution in [1.82, 2.24) is 14.8 Å². The van der Waals surface area contributed by atoms with Gasteiger partial charge in [0.05, 0.1) is 5.52 Å². The molecule has 0 bridgehead atoms. The largest absolute Gasteiger partial charge is 0.350 e. The van der Waals surface area contributed by atoms with Crippen molar-refractivity contribution < 1.29 is 9.18 Å². The van der Waals surface area contributed by atoms with Crippen molar-refractivity contribution in [3.63, 3.8) is 0 Å². The van der Waals surface area contributed by atoms with Gasteiger partial charge in [0, 0.05) is 6.20 Å². The van der Waals surface area contributed by atoms with Crippen LogP contribution in [0.15, 0.2) is 42.6 Å². The van der Waals surface area contributed by atoms with Crippen molar-refractivity contribution in [3.05, 3.63) is 59.7 Å². The average molecular weight is 282 g/mol. The van der Waals surface area contributed by atoms with E-state index in [1.165, 1.54) is 12.1 Å². The predicted octanol–water partition coefficient (Wildman–Crippen LogP) is 2.67. The predicted molar refractivity (Wildman–Crippen MR) is 77.8 cm³/mol. The molecule has 21 heavy (non-hydrogen) atoms. The molecular formula is C15H11FN4O. The van der Waals surface area contributed by atoms with E-state index in [1.54, 1.807) is 42.6 Å². The Kier molecular flexibility index (Phi) is 3.19. The highest BCUT2D eigenvalue weighted by Crippen LogP contribution is 2.18. The van der Waals surface area contributed by atoms with E-state index in [0.717, 1.165) is 10.2 Å². The summed E-state index contributed by atoms with van der Waals surface area (Å²) in [4.78, 5) is 15.6. The van der Waals surface area contributed by atoms with Gasteiger partial charge in [-0.05, 0) is 35.9 Å². The van der Waals surface area contributed by atoms with E-state index >= 15 is 0 Å². The fraction of sp³-hybridized carbons (Fsp3) is 0. The van der Waals surface area contributed by atoms with E-state index in [0.29, 0.717) is 16.7 Å². The summed E-state index contributed by atoms with van der Waals surface area (Å²) in [6.07, 6.45) is 5.09. The second kappa shape index (κ2) is 5.16. The van der Waals surface area contributed by atoms with Gasteiger partial charge in [-0.1, -0.05) is 18.2 Å². The molecule has 104 valence electrons. The normalized spacial score (nSPS) is 11.3. The number of pyridine rings is 1. The van der Waals surface area contributed by atoms with Gasteiger partial charge < -0.3 is 5.73 Å². The van der Waals surface area contributed by atoms with Crippen LogP contribution in [0.4, 0.5) is 9.18 Å². The number of amides is 1. The second-order valence-corrected chi connectivity index (χ2v) is 4.39. The first-order valence-electron chi connectivity index (χ1n) is 6.22. The molecule has 0 radical (unpaired) electrons. The molecule has 3 aromatic rings. The third-order valence-electron chi connectivity index (χ3n) is 2.98. The number of hydrogen-bond donors (Lipinski definition) is 1. The number of hydrogen-bond acceptors (Lipinski definition) is 3. The van der Waals surface area contributed by atoms with Crippen molar-refractivity contribution in [2.24, 2.45) is 5.73 Å². The maximum atomic E-state index is 12.8. The number of fused-ring (bicyclic) bond motifs is 1. The number of nitrogens with two attached hydrogens (primary N) is 1. The van der Waals surface area contributed by atoms with Gasteiger partial charge in [-0.25, -0.2) is 9.18 Å². The maximum Gasteiger partial charge on any atom is 0.340 e. The first-order valence-corrected chi connectivity index (χ1v) is 6.22. The molecule has 5 nitrogen and oxygen atoms in total. The Balaban J connectivity index is 2.04. The lowest BCUT2D eigenvalue weighted by Gasteiger charge is -1.93. The molecule has 0 saturated carbocycles. The van der Waals surface area contributed by atoms with E-state index < -0.39 is 6.03 Å². The first kappa shape index (κ1) is 13.0. The van der Waals surface area contributed by atoms with Crippen LogP contribution in [0.2, 0.25) is 0 Å². The lowest BCUT2D eigenvalue weighted by Crippen LogP contribution is -2.20. The lowest BCUT2D eigenvalue weighted by molar-refractivity contribution is 0.248. The number of primary amides is 1. The van der Waals surface area contributed by atoms with Crippen LogP contribution in [0.1, 0.15) is 11.3 Å². The Hall–Kier alpha value is -3.02. The third-order valence-corrected chi connectivity index (χ3v) is 2.98. The summed E-state index contributed by atoms with van der Waals surface area (Å²) < 4.78 is 14.0. The number of benzene rings is 1. The fourth-order valence-electron chi connectivity index (χ4n) is 2.00. The van der Waals surface area contributed by atoms with E-state index in [4.69, 9.17) is 5.73 Å². The van der Waals surface area contributed by atoms with Crippen LogP contribution in [0.25, 0.3) is 23.2 Å². The van der Waals surface area contributed by atoms with Crippen LogP contribution < -0.4 is 5.73 Å². The zero-order valence-electron chi connectivity index (χ0n) is 10.9. The number of nitrogens with zero attached hydrogens (tertiary/aromatic N) is 3. The fourth-order valence-corrected chi connectivity index (χ4v) is 2.00. The van der Waals surface area contributed by atoms with Crippen molar-refractivity contribution in [2.75, 3.05) is 0 Å². The summed E-state index contributed by atoms with van der Waals surface area (Å²) in [6.45, 7) is 0. The minimum absolute atomic E-state index is 0.294. The Bertz CT molecular complexity index is 837. The minimum Gasteiger partial charge on any atom is -0.350 e. The number of aromatic nitrogens is 3. The van der Waals surface area contributed by atoms with Crippen molar-refractivity contribution in [2.45, 2.75) is 0 Å². The summed E-state index contributed by atoms with van der Waals surface area (Å²) >= 11 is 0. The maximum absolute atomic E-state index is 12.8. The lowest BCUT2D eigenvalue weighted by atomic mass is 10.2. The van der Waals surface area contributed by atoms with Crippen molar-refractivity contribution in [1.29, 1.82) is 0 Å². The molecule has 3 rings (SSSR count). The van der Waals surface area contributed by atoms with Crippen LogP contribution in [0, 0.1) is 5.82 Å². The third kappa shape index (κ3) is 2.51. The Labute approximate surface area is 119 Å². The van der Waals surface area contributed by atoms with Gasteiger partial charge in [0.25, 0.3) is 0 Å². The average Bonchev–Trinajstić information content (AvgIpc) is 2.86. The highest BCUT2D eigenvalue weighted by atomic mass is 19.1. The molecule has 1 aromatic carbocycles. The Morgan fingerprint density at radius 1 is 1.19 bits per heavy atom. The van der Waals surface area contributed by atoms with Gasteiger partial charge in [-0.2, -0.15) is 9.78 Å². The Morgan fingerprint density at radius 2 is 1.95 bits per heavy atom. The topological polar surface area (TPSA) is 73.8 Å². The first-order chi connectivity index (χ1) is 10.1. The van der Waals surface area contributed by atoms with Gasteiger partial charge >= 0.3 is 6.03 Å². The van der Waals surface area contributed by atoms with E-state index in [1.807, 2.05) is 0 Å². The molecule has 0 fully saturated rings. The van der Waals surface area contributed by atoms with Crippen LogP contribution in [-0.2, 0) is 0 Å².